The van der Waals surface area contributed by atoms with Crippen LogP contribution >= 0.6 is 11.6 Å². The maximum atomic E-state index is 12.2. The van der Waals surface area contributed by atoms with E-state index in [1.807, 2.05) is 0 Å². The van der Waals surface area contributed by atoms with Gasteiger partial charge in [-0.25, -0.2) is 8.42 Å². The van der Waals surface area contributed by atoms with Gasteiger partial charge in [0.05, 0.1) is 0 Å². The Bertz CT molecular complexity index is 937. The zero-order chi connectivity index (χ0) is 20.2. The number of benzene rings is 1. The number of ether oxygens (including phenoxy) is 1. The van der Waals surface area contributed by atoms with Gasteiger partial charge in [0.15, 0.2) is 11.9 Å². The number of aryl methyl sites for hydroxylation is 2. The standard InChI is InChI=1S/C16H18ClN3O6S/c1-9-15(10(2)26-20-9)27(23,24)18-8-14(21)25-11(3)16(22)19-13-6-4-5-12(17)7-13/h4-7,11,18H,8H2,1-3H3,(H,19,22)/t11-/m0/s1. The Morgan fingerprint density at radius 3 is 2.63 bits per heavy atom. The quantitative estimate of drug-likeness (QED) is 0.659. The number of anilines is 1. The molecule has 146 valence electrons. The third-order valence-electron chi connectivity index (χ3n) is 3.41. The fourth-order valence-corrected chi connectivity index (χ4v) is 3.67. The first-order chi connectivity index (χ1) is 12.6. The molecule has 2 N–H and O–H groups in total. The monoisotopic (exact) mass is 415 g/mol. The van der Waals surface area contributed by atoms with Crippen molar-refractivity contribution in [1.29, 1.82) is 0 Å². The first-order valence-electron chi connectivity index (χ1n) is 7.78. The van der Waals surface area contributed by atoms with Crippen molar-refractivity contribution in [2.24, 2.45) is 0 Å². The maximum Gasteiger partial charge on any atom is 0.321 e. The summed E-state index contributed by atoms with van der Waals surface area (Å²) in [6.45, 7) is 3.61. The van der Waals surface area contributed by atoms with E-state index in [9.17, 15) is 18.0 Å². The molecule has 0 radical (unpaired) electrons. The minimum Gasteiger partial charge on any atom is -0.452 e. The molecule has 0 aliphatic rings. The van der Waals surface area contributed by atoms with Crippen LogP contribution in [0.1, 0.15) is 18.4 Å². The number of carbonyl (C=O) groups excluding carboxylic acids is 2. The van der Waals surface area contributed by atoms with E-state index in [1.54, 1.807) is 18.2 Å². The van der Waals surface area contributed by atoms with Gasteiger partial charge in [-0.2, -0.15) is 4.72 Å². The summed E-state index contributed by atoms with van der Waals surface area (Å²) < 4.78 is 36.3. The number of rotatable bonds is 7. The number of nitrogens with one attached hydrogen (secondary N) is 2. The van der Waals surface area contributed by atoms with Crippen LogP contribution in [0.15, 0.2) is 33.7 Å². The van der Waals surface area contributed by atoms with Crippen LogP contribution in [-0.4, -0.2) is 38.1 Å². The Kier molecular flexibility index (Phi) is 6.58. The Hall–Kier alpha value is -2.43. The zero-order valence-electron chi connectivity index (χ0n) is 14.8. The highest BCUT2D eigenvalue weighted by Gasteiger charge is 2.26. The normalized spacial score (nSPS) is 12.4. The van der Waals surface area contributed by atoms with Crippen molar-refractivity contribution in [3.05, 3.63) is 40.7 Å². The van der Waals surface area contributed by atoms with Crippen molar-refractivity contribution in [1.82, 2.24) is 9.88 Å². The third kappa shape index (κ3) is 5.52. The number of halogens is 1. The van der Waals surface area contributed by atoms with Crippen LogP contribution in [0.4, 0.5) is 5.69 Å². The molecule has 9 nitrogen and oxygen atoms in total. The van der Waals surface area contributed by atoms with Crippen molar-refractivity contribution in [3.63, 3.8) is 0 Å². The molecule has 0 bridgehead atoms. The minimum absolute atomic E-state index is 0.0997. The van der Waals surface area contributed by atoms with Crippen LogP contribution in [0, 0.1) is 13.8 Å². The van der Waals surface area contributed by atoms with Gasteiger partial charge in [0.2, 0.25) is 10.0 Å². The summed E-state index contributed by atoms with van der Waals surface area (Å²) in [6.07, 6.45) is -1.14. The number of aromatic nitrogens is 1. The van der Waals surface area contributed by atoms with Crippen LogP contribution in [0.3, 0.4) is 0 Å². The molecule has 11 heteroatoms. The number of amides is 1. The molecule has 0 unspecified atom stereocenters. The highest BCUT2D eigenvalue weighted by Crippen LogP contribution is 2.18. The molecule has 2 rings (SSSR count). The summed E-state index contributed by atoms with van der Waals surface area (Å²) in [5.41, 5.74) is 0.608. The molecule has 27 heavy (non-hydrogen) atoms. The van der Waals surface area contributed by atoms with Crippen LogP contribution in [-0.2, 0) is 24.3 Å². The average molecular weight is 416 g/mol. The molecule has 0 fully saturated rings. The maximum absolute atomic E-state index is 12.2. The van der Waals surface area contributed by atoms with Crippen LogP contribution in [0.5, 0.6) is 0 Å². The van der Waals surface area contributed by atoms with E-state index < -0.39 is 34.5 Å². The molecule has 0 aliphatic carbocycles. The topological polar surface area (TPSA) is 128 Å². The lowest BCUT2D eigenvalue weighted by atomic mass is 10.3. The molecular formula is C16H18ClN3O6S. The van der Waals surface area contributed by atoms with E-state index in [4.69, 9.17) is 20.9 Å². The molecule has 0 spiro atoms. The van der Waals surface area contributed by atoms with Crippen molar-refractivity contribution in [2.45, 2.75) is 31.8 Å². The third-order valence-corrected chi connectivity index (χ3v) is 5.29. The molecular weight excluding hydrogens is 398 g/mol. The first kappa shape index (κ1) is 20.9. The zero-order valence-corrected chi connectivity index (χ0v) is 16.3. The van der Waals surface area contributed by atoms with Crippen molar-refractivity contribution < 1.29 is 27.3 Å². The largest absolute Gasteiger partial charge is 0.452 e. The highest BCUT2D eigenvalue weighted by molar-refractivity contribution is 7.89. The Labute approximate surface area is 161 Å². The Morgan fingerprint density at radius 2 is 2.04 bits per heavy atom. The first-order valence-corrected chi connectivity index (χ1v) is 9.64. The second kappa shape index (κ2) is 8.51. The second-order valence-corrected chi connectivity index (χ2v) is 7.75. The molecule has 1 atom stereocenters. The van der Waals surface area contributed by atoms with E-state index in [1.165, 1.54) is 26.8 Å². The second-order valence-electron chi connectivity index (χ2n) is 5.61. The fourth-order valence-electron chi connectivity index (χ4n) is 2.19. The number of carbonyl (C=O) groups is 2. The van der Waals surface area contributed by atoms with Crippen molar-refractivity contribution in [2.75, 3.05) is 11.9 Å². The van der Waals surface area contributed by atoms with Gasteiger partial charge < -0.3 is 14.6 Å². The molecule has 2 aromatic rings. The highest BCUT2D eigenvalue weighted by atomic mass is 35.5. The summed E-state index contributed by atoms with van der Waals surface area (Å²) in [5, 5.41) is 6.53. The van der Waals surface area contributed by atoms with Crippen molar-refractivity contribution in [3.8, 4) is 0 Å². The van der Waals surface area contributed by atoms with E-state index >= 15 is 0 Å². The number of nitrogens with zero attached hydrogens (tertiary/aromatic N) is 1. The lowest BCUT2D eigenvalue weighted by Gasteiger charge is -2.14. The molecule has 1 aromatic heterocycles. The summed E-state index contributed by atoms with van der Waals surface area (Å²) >= 11 is 5.83. The average Bonchev–Trinajstić information content (AvgIpc) is 2.92. The van der Waals surface area contributed by atoms with Gasteiger partial charge in [-0.15, -0.1) is 0 Å². The molecule has 0 saturated heterocycles. The van der Waals surface area contributed by atoms with Gasteiger partial charge in [0.1, 0.15) is 17.1 Å². The SMILES string of the molecule is Cc1noc(C)c1S(=O)(=O)NCC(=O)O[C@@H](C)C(=O)Nc1cccc(Cl)c1. The van der Waals surface area contributed by atoms with Gasteiger partial charge in [0, 0.05) is 10.7 Å². The van der Waals surface area contributed by atoms with Gasteiger partial charge >= 0.3 is 5.97 Å². The predicted molar refractivity (Wildman–Crippen MR) is 96.8 cm³/mol. The predicted octanol–water partition coefficient (Wildman–Crippen LogP) is 1.79. The van der Waals surface area contributed by atoms with E-state index in [0.29, 0.717) is 10.7 Å². The summed E-state index contributed by atoms with van der Waals surface area (Å²) in [4.78, 5) is 23.8. The summed E-state index contributed by atoms with van der Waals surface area (Å²) in [5.74, 6) is -1.40. The van der Waals surface area contributed by atoms with Gasteiger partial charge in [0.25, 0.3) is 5.91 Å². The van der Waals surface area contributed by atoms with Crippen LogP contribution in [0.25, 0.3) is 0 Å². The number of sulfonamides is 1. The molecule has 1 aromatic carbocycles. The van der Waals surface area contributed by atoms with E-state index in [0.717, 1.165) is 0 Å². The molecule has 1 heterocycles. The smallest absolute Gasteiger partial charge is 0.321 e. The van der Waals surface area contributed by atoms with Gasteiger partial charge in [-0.1, -0.05) is 22.8 Å². The number of hydrogen-bond acceptors (Lipinski definition) is 7. The lowest BCUT2D eigenvalue weighted by Crippen LogP contribution is -2.36. The molecule has 1 amide bonds. The number of hydrogen-bond donors (Lipinski definition) is 2. The van der Waals surface area contributed by atoms with Gasteiger partial charge in [-0.05, 0) is 39.0 Å². The Balaban J connectivity index is 1.90. The van der Waals surface area contributed by atoms with Crippen molar-refractivity contribution >= 4 is 39.2 Å². The summed E-state index contributed by atoms with van der Waals surface area (Å²) in [7, 11) is -4.01. The Morgan fingerprint density at radius 1 is 1.33 bits per heavy atom. The number of esters is 1. The molecule has 0 saturated carbocycles. The fraction of sp³-hybridized carbons (Fsp3) is 0.312. The van der Waals surface area contributed by atoms with E-state index in [2.05, 4.69) is 15.2 Å². The molecule has 0 aliphatic heterocycles. The minimum atomic E-state index is -4.01. The van der Waals surface area contributed by atoms with Gasteiger partial charge in [-0.3, -0.25) is 9.59 Å². The van der Waals surface area contributed by atoms with Crippen LogP contribution < -0.4 is 10.0 Å². The van der Waals surface area contributed by atoms with Crippen LogP contribution in [0.2, 0.25) is 5.02 Å². The summed E-state index contributed by atoms with van der Waals surface area (Å²) in [6, 6.07) is 6.45. The van der Waals surface area contributed by atoms with E-state index in [-0.39, 0.29) is 16.3 Å². The lowest BCUT2D eigenvalue weighted by molar-refractivity contribution is -0.151.